The molecule has 27 heavy (non-hydrogen) atoms. The van der Waals surface area contributed by atoms with Crippen molar-refractivity contribution in [1.29, 1.82) is 0 Å². The van der Waals surface area contributed by atoms with Gasteiger partial charge in [-0.15, -0.1) is 5.10 Å². The largest absolute Gasteiger partial charge is 0.422 e. The van der Waals surface area contributed by atoms with Gasteiger partial charge in [0.1, 0.15) is 0 Å². The van der Waals surface area contributed by atoms with E-state index in [-0.39, 0.29) is 11.8 Å². The van der Waals surface area contributed by atoms with E-state index in [1.807, 2.05) is 25.3 Å². The Labute approximate surface area is 156 Å². The van der Waals surface area contributed by atoms with Gasteiger partial charge in [-0.3, -0.25) is 9.48 Å². The Morgan fingerprint density at radius 3 is 3.19 bits per heavy atom. The number of piperidine rings is 1. The summed E-state index contributed by atoms with van der Waals surface area (Å²) in [5.41, 5.74) is 2.18. The number of oxazole rings is 1. The van der Waals surface area contributed by atoms with Gasteiger partial charge in [-0.05, 0) is 37.8 Å². The van der Waals surface area contributed by atoms with E-state index in [0.717, 1.165) is 31.6 Å². The number of nitrogens with one attached hydrogen (secondary N) is 1. The van der Waals surface area contributed by atoms with Gasteiger partial charge in [0.15, 0.2) is 5.58 Å². The highest BCUT2D eigenvalue weighted by molar-refractivity contribution is 5.76. The molecule has 1 unspecified atom stereocenters. The number of pyridine rings is 1. The van der Waals surface area contributed by atoms with Crippen LogP contribution in [0, 0.1) is 12.8 Å². The van der Waals surface area contributed by atoms with Crippen molar-refractivity contribution >= 4 is 23.2 Å². The van der Waals surface area contributed by atoms with Gasteiger partial charge in [0.2, 0.25) is 11.6 Å². The fraction of sp³-hybridized carbons (Fsp3) is 0.500. The van der Waals surface area contributed by atoms with Gasteiger partial charge in [-0.1, -0.05) is 5.21 Å². The highest BCUT2D eigenvalue weighted by atomic mass is 16.4. The molecule has 142 valence electrons. The summed E-state index contributed by atoms with van der Waals surface area (Å²) < 4.78 is 7.55. The van der Waals surface area contributed by atoms with Gasteiger partial charge in [0, 0.05) is 38.4 Å². The number of hydrogen-bond acceptors (Lipinski definition) is 7. The summed E-state index contributed by atoms with van der Waals surface area (Å²) in [7, 11) is 0. The SMILES string of the molecule is Cc1cn(CCNC(=O)CC2CCCN(c3nc4ncccc4o3)C2)nn1. The molecule has 0 spiro atoms. The van der Waals surface area contributed by atoms with Gasteiger partial charge < -0.3 is 14.6 Å². The van der Waals surface area contributed by atoms with Crippen LogP contribution in [0.2, 0.25) is 0 Å². The van der Waals surface area contributed by atoms with Crippen molar-refractivity contribution < 1.29 is 9.21 Å². The summed E-state index contributed by atoms with van der Waals surface area (Å²) in [6.07, 6.45) is 6.12. The van der Waals surface area contributed by atoms with E-state index >= 15 is 0 Å². The molecule has 0 aliphatic carbocycles. The molecular formula is C18H23N7O2. The standard InChI is InChI=1S/C18H23N7O2/c1-13-11-25(23-22-13)9-7-19-16(26)10-14-4-3-8-24(12-14)18-21-17-15(27-18)5-2-6-20-17/h2,5-6,11,14H,3-4,7-10,12H2,1H3,(H,19,26). The maximum atomic E-state index is 12.3. The molecule has 1 N–H and O–H groups in total. The molecule has 0 saturated carbocycles. The summed E-state index contributed by atoms with van der Waals surface area (Å²) in [6.45, 7) is 4.72. The third-order valence-corrected chi connectivity index (χ3v) is 4.73. The van der Waals surface area contributed by atoms with Crippen LogP contribution in [-0.2, 0) is 11.3 Å². The van der Waals surface area contributed by atoms with Crippen LogP contribution in [0.15, 0.2) is 28.9 Å². The summed E-state index contributed by atoms with van der Waals surface area (Å²) in [5.74, 6) is 0.355. The number of fused-ring (bicyclic) bond motifs is 1. The average Bonchev–Trinajstić information content (AvgIpc) is 3.28. The van der Waals surface area contributed by atoms with Crippen LogP contribution in [0.4, 0.5) is 6.01 Å². The summed E-state index contributed by atoms with van der Waals surface area (Å²) in [4.78, 5) is 23.1. The lowest BCUT2D eigenvalue weighted by molar-refractivity contribution is -0.122. The molecule has 0 bridgehead atoms. The Morgan fingerprint density at radius 2 is 2.37 bits per heavy atom. The normalized spacial score (nSPS) is 17.4. The second-order valence-corrected chi connectivity index (χ2v) is 6.95. The summed E-state index contributed by atoms with van der Waals surface area (Å²) >= 11 is 0. The zero-order valence-corrected chi connectivity index (χ0v) is 15.3. The third-order valence-electron chi connectivity index (χ3n) is 4.73. The van der Waals surface area contributed by atoms with E-state index in [0.29, 0.717) is 36.8 Å². The van der Waals surface area contributed by atoms with Gasteiger partial charge in [0.25, 0.3) is 6.01 Å². The smallest absolute Gasteiger partial charge is 0.299 e. The van der Waals surface area contributed by atoms with Crippen molar-refractivity contribution in [1.82, 2.24) is 30.3 Å². The highest BCUT2D eigenvalue weighted by Crippen LogP contribution is 2.26. The number of carbonyl (C=O) groups excluding carboxylic acids is 1. The van der Waals surface area contributed by atoms with Gasteiger partial charge in [-0.2, -0.15) is 4.98 Å². The van der Waals surface area contributed by atoms with Crippen LogP contribution >= 0.6 is 0 Å². The topological polar surface area (TPSA) is 102 Å². The molecule has 1 amide bonds. The van der Waals surface area contributed by atoms with Crippen LogP contribution in [0.1, 0.15) is 25.0 Å². The molecule has 9 nitrogen and oxygen atoms in total. The van der Waals surface area contributed by atoms with Gasteiger partial charge >= 0.3 is 0 Å². The first-order valence-electron chi connectivity index (χ1n) is 9.27. The summed E-state index contributed by atoms with van der Waals surface area (Å²) in [6, 6.07) is 4.29. The van der Waals surface area contributed by atoms with Crippen molar-refractivity contribution in [3.8, 4) is 0 Å². The minimum atomic E-state index is 0.0675. The first-order valence-corrected chi connectivity index (χ1v) is 9.27. The van der Waals surface area contributed by atoms with Crippen LogP contribution in [0.3, 0.4) is 0 Å². The van der Waals surface area contributed by atoms with Crippen LogP contribution in [-0.4, -0.2) is 50.5 Å². The minimum Gasteiger partial charge on any atom is -0.422 e. The zero-order chi connectivity index (χ0) is 18.6. The molecule has 3 aromatic rings. The Balaban J connectivity index is 1.28. The fourth-order valence-electron chi connectivity index (χ4n) is 3.45. The van der Waals surface area contributed by atoms with E-state index in [9.17, 15) is 4.79 Å². The molecule has 1 aliphatic rings. The lowest BCUT2D eigenvalue weighted by atomic mass is 9.95. The molecule has 1 atom stereocenters. The van der Waals surface area contributed by atoms with E-state index in [1.165, 1.54) is 0 Å². The number of aryl methyl sites for hydroxylation is 1. The number of rotatable bonds is 6. The highest BCUT2D eigenvalue weighted by Gasteiger charge is 2.25. The predicted octanol–water partition coefficient (Wildman–Crippen LogP) is 1.55. The molecule has 3 aromatic heterocycles. The van der Waals surface area contributed by atoms with Gasteiger partial charge in [-0.25, -0.2) is 4.98 Å². The second kappa shape index (κ2) is 7.73. The molecule has 9 heteroatoms. The van der Waals surface area contributed by atoms with Crippen molar-refractivity contribution in [2.75, 3.05) is 24.5 Å². The molecule has 0 aromatic carbocycles. The molecule has 4 heterocycles. The minimum absolute atomic E-state index is 0.0675. The van der Waals surface area contributed by atoms with Crippen molar-refractivity contribution in [3.63, 3.8) is 0 Å². The number of amides is 1. The molecule has 1 saturated heterocycles. The monoisotopic (exact) mass is 369 g/mol. The second-order valence-electron chi connectivity index (χ2n) is 6.95. The molecule has 1 aliphatic heterocycles. The van der Waals surface area contributed by atoms with Crippen LogP contribution in [0.5, 0.6) is 0 Å². The van der Waals surface area contributed by atoms with E-state index in [1.54, 1.807) is 10.9 Å². The van der Waals surface area contributed by atoms with Crippen molar-refractivity contribution in [3.05, 3.63) is 30.2 Å². The number of nitrogens with zero attached hydrogens (tertiary/aromatic N) is 6. The van der Waals surface area contributed by atoms with E-state index < -0.39 is 0 Å². The Hall–Kier alpha value is -2.97. The lowest BCUT2D eigenvalue weighted by Gasteiger charge is -2.31. The Morgan fingerprint density at radius 1 is 1.44 bits per heavy atom. The zero-order valence-electron chi connectivity index (χ0n) is 15.3. The lowest BCUT2D eigenvalue weighted by Crippen LogP contribution is -2.38. The van der Waals surface area contributed by atoms with Gasteiger partial charge in [0.05, 0.1) is 12.2 Å². The van der Waals surface area contributed by atoms with Crippen LogP contribution < -0.4 is 10.2 Å². The van der Waals surface area contributed by atoms with E-state index in [2.05, 4.69) is 30.5 Å². The molecule has 0 radical (unpaired) electrons. The maximum absolute atomic E-state index is 12.3. The first kappa shape index (κ1) is 17.4. The fourth-order valence-corrected chi connectivity index (χ4v) is 3.45. The summed E-state index contributed by atoms with van der Waals surface area (Å²) in [5, 5.41) is 10.9. The number of carbonyl (C=O) groups is 1. The van der Waals surface area contributed by atoms with Crippen molar-refractivity contribution in [2.24, 2.45) is 5.92 Å². The maximum Gasteiger partial charge on any atom is 0.299 e. The van der Waals surface area contributed by atoms with E-state index in [4.69, 9.17) is 4.42 Å². The quantitative estimate of drug-likeness (QED) is 0.703. The Bertz CT molecular complexity index is 886. The predicted molar refractivity (Wildman–Crippen MR) is 99.1 cm³/mol. The third kappa shape index (κ3) is 4.24. The number of hydrogen-bond donors (Lipinski definition) is 1. The molecule has 4 rings (SSSR count). The average molecular weight is 369 g/mol. The number of aromatic nitrogens is 5. The molecular weight excluding hydrogens is 346 g/mol. The molecule has 1 fully saturated rings. The van der Waals surface area contributed by atoms with Crippen LogP contribution in [0.25, 0.3) is 11.2 Å². The first-order chi connectivity index (χ1) is 13.2. The Kier molecular flexibility index (Phi) is 4.99. The number of anilines is 1. The van der Waals surface area contributed by atoms with Crippen molar-refractivity contribution in [2.45, 2.75) is 32.7 Å².